The Morgan fingerprint density at radius 1 is 0.254 bits per heavy atom. The predicted molar refractivity (Wildman–Crippen MR) is 252 cm³/mol. The van der Waals surface area contributed by atoms with Crippen LogP contribution in [0.5, 0.6) is 0 Å². The van der Waals surface area contributed by atoms with E-state index in [1.165, 1.54) is 121 Å². The first-order chi connectivity index (χ1) is 29.0. The summed E-state index contributed by atoms with van der Waals surface area (Å²) in [6.45, 7) is 4.76. The second-order valence-electron chi connectivity index (χ2n) is 16.9. The van der Waals surface area contributed by atoms with Crippen molar-refractivity contribution in [3.63, 3.8) is 0 Å². The molecule has 0 atom stereocenters. The summed E-state index contributed by atoms with van der Waals surface area (Å²) in [5.41, 5.74) is 17.8. The van der Waals surface area contributed by atoms with E-state index in [0.717, 1.165) is 0 Å². The van der Waals surface area contributed by atoms with Gasteiger partial charge in [0.15, 0.2) is 0 Å². The van der Waals surface area contributed by atoms with E-state index in [1.54, 1.807) is 0 Å². The van der Waals surface area contributed by atoms with Crippen molar-refractivity contribution in [1.82, 2.24) is 0 Å². The van der Waals surface area contributed by atoms with Gasteiger partial charge in [0.25, 0.3) is 0 Å². The molecule has 0 amide bonds. The quantitative estimate of drug-likeness (QED) is 0.154. The van der Waals surface area contributed by atoms with E-state index in [1.807, 2.05) is 0 Å². The fraction of sp³-hybridized carbons (Fsp3) is 0.0508. The Hall–Kier alpha value is -7.28. The Morgan fingerprint density at radius 3 is 1.24 bits per heavy atom. The van der Waals surface area contributed by atoms with E-state index in [2.05, 4.69) is 220 Å². The fourth-order valence-electron chi connectivity index (χ4n) is 10.1. The van der Waals surface area contributed by atoms with Crippen molar-refractivity contribution in [2.24, 2.45) is 0 Å². The number of hydrogen-bond acceptors (Lipinski definition) is 0. The smallest absolute Gasteiger partial charge is 0.0159 e. The lowest BCUT2D eigenvalue weighted by molar-refractivity contribution is 0.661. The summed E-state index contributed by atoms with van der Waals surface area (Å²) in [5.74, 6) is 0. The van der Waals surface area contributed by atoms with Crippen LogP contribution in [0.2, 0.25) is 0 Å². The van der Waals surface area contributed by atoms with Gasteiger partial charge in [0.05, 0.1) is 0 Å². The van der Waals surface area contributed by atoms with E-state index in [4.69, 9.17) is 0 Å². The van der Waals surface area contributed by atoms with E-state index < -0.39 is 0 Å². The van der Waals surface area contributed by atoms with Crippen molar-refractivity contribution in [2.75, 3.05) is 0 Å². The lowest BCUT2D eigenvalue weighted by atomic mass is 9.80. The van der Waals surface area contributed by atoms with E-state index in [-0.39, 0.29) is 5.41 Å². The molecule has 0 aliphatic heterocycles. The molecule has 0 bridgehead atoms. The molecule has 0 radical (unpaired) electrons. The molecule has 1 aliphatic carbocycles. The minimum Gasteiger partial charge on any atom is -0.0616 e. The number of hydrogen-bond donors (Lipinski definition) is 0. The number of fused-ring (bicyclic) bond motifs is 4. The molecule has 1 aliphatic rings. The Labute approximate surface area is 345 Å². The van der Waals surface area contributed by atoms with E-state index in [0.29, 0.717) is 0 Å². The summed E-state index contributed by atoms with van der Waals surface area (Å²) < 4.78 is 0. The first kappa shape index (κ1) is 33.8. The van der Waals surface area contributed by atoms with Gasteiger partial charge in [0.2, 0.25) is 0 Å². The lowest BCUT2D eigenvalue weighted by Gasteiger charge is -2.22. The van der Waals surface area contributed by atoms with E-state index >= 15 is 0 Å². The Bertz CT molecular complexity index is 3400. The van der Waals surface area contributed by atoms with E-state index in [9.17, 15) is 0 Å². The molecular formula is C59H40. The van der Waals surface area contributed by atoms with Crippen molar-refractivity contribution in [3.8, 4) is 66.8 Å². The first-order valence-electron chi connectivity index (χ1n) is 20.7. The van der Waals surface area contributed by atoms with Crippen LogP contribution in [0.3, 0.4) is 0 Å². The van der Waals surface area contributed by atoms with Gasteiger partial charge in [-0.3, -0.25) is 0 Å². The van der Waals surface area contributed by atoms with Crippen LogP contribution in [0.1, 0.15) is 25.0 Å². The molecule has 0 N–H and O–H groups in total. The minimum atomic E-state index is -0.121. The standard InChI is InChI=1S/C59H40/c1-59(2)55-35-47(39-15-13-37(14-16-39)38-17-21-42(22-18-38)50-12-6-8-41-7-3-4-11-49(41)50)29-32-52(55)53-33-30-48(36-56(53)59)40-19-23-43(24-20-40)51-31-27-46-26-25-44-9-5-10-45-28-34-54(51)58(46)57(44)45/h3-36H,1-2H3. The van der Waals surface area contributed by atoms with Gasteiger partial charge in [-0.25, -0.2) is 0 Å². The SMILES string of the molecule is CC1(C)c2cc(-c3ccc(-c4ccc(-c5cccc6ccccc56)cc4)cc3)ccc2-c2ccc(-c3ccc(-c4ccc5ccc6cccc7ccc4c5c67)cc3)cc21. The molecule has 0 unspecified atom stereocenters. The van der Waals surface area contributed by atoms with Crippen molar-refractivity contribution < 1.29 is 0 Å². The maximum atomic E-state index is 2.43. The van der Waals surface area contributed by atoms with Crippen LogP contribution in [0.4, 0.5) is 0 Å². The zero-order valence-corrected chi connectivity index (χ0v) is 33.1. The summed E-state index contributed by atoms with van der Waals surface area (Å²) in [5, 5.41) is 10.5. The maximum Gasteiger partial charge on any atom is 0.0159 e. The van der Waals surface area contributed by atoms with Crippen molar-refractivity contribution >= 4 is 43.1 Å². The largest absolute Gasteiger partial charge is 0.0616 e. The highest BCUT2D eigenvalue weighted by Gasteiger charge is 2.36. The molecule has 0 heteroatoms. The third kappa shape index (κ3) is 5.30. The highest BCUT2D eigenvalue weighted by Crippen LogP contribution is 2.51. The Balaban J connectivity index is 0.813. The molecule has 0 nitrogen and oxygen atoms in total. The molecule has 0 spiro atoms. The van der Waals surface area contributed by atoms with Gasteiger partial charge in [0.1, 0.15) is 0 Å². The topological polar surface area (TPSA) is 0 Å². The number of benzene rings is 11. The van der Waals surface area contributed by atoms with Crippen LogP contribution in [-0.2, 0) is 5.41 Å². The highest BCUT2D eigenvalue weighted by molar-refractivity contribution is 6.25. The Morgan fingerprint density at radius 2 is 0.644 bits per heavy atom. The molecule has 0 saturated carbocycles. The fourth-order valence-corrected chi connectivity index (χ4v) is 10.1. The van der Waals surface area contributed by atoms with Gasteiger partial charge < -0.3 is 0 Å². The average molecular weight is 749 g/mol. The molecule has 11 aromatic rings. The third-order valence-corrected chi connectivity index (χ3v) is 13.3. The zero-order chi connectivity index (χ0) is 39.2. The monoisotopic (exact) mass is 748 g/mol. The lowest BCUT2D eigenvalue weighted by Crippen LogP contribution is -2.15. The minimum absolute atomic E-state index is 0.121. The highest BCUT2D eigenvalue weighted by atomic mass is 14.4. The summed E-state index contributed by atoms with van der Waals surface area (Å²) in [6, 6.07) is 76.8. The van der Waals surface area contributed by atoms with Crippen LogP contribution in [0.15, 0.2) is 206 Å². The van der Waals surface area contributed by atoms with Crippen LogP contribution < -0.4 is 0 Å². The first-order valence-corrected chi connectivity index (χ1v) is 20.7. The van der Waals surface area contributed by atoms with Crippen molar-refractivity contribution in [2.45, 2.75) is 19.3 Å². The molecule has 0 fully saturated rings. The molecular weight excluding hydrogens is 709 g/mol. The van der Waals surface area contributed by atoms with Crippen molar-refractivity contribution in [3.05, 3.63) is 217 Å². The second-order valence-corrected chi connectivity index (χ2v) is 16.9. The van der Waals surface area contributed by atoms with Gasteiger partial charge in [-0.2, -0.15) is 0 Å². The summed E-state index contributed by atoms with van der Waals surface area (Å²) in [4.78, 5) is 0. The van der Waals surface area contributed by atoms with Gasteiger partial charge in [-0.05, 0) is 133 Å². The molecule has 11 aromatic carbocycles. The second kappa shape index (κ2) is 12.9. The average Bonchev–Trinajstić information content (AvgIpc) is 3.52. The van der Waals surface area contributed by atoms with Crippen LogP contribution in [-0.4, -0.2) is 0 Å². The van der Waals surface area contributed by atoms with Crippen LogP contribution >= 0.6 is 0 Å². The van der Waals surface area contributed by atoms with Gasteiger partial charge in [0, 0.05) is 5.41 Å². The molecule has 12 rings (SSSR count). The van der Waals surface area contributed by atoms with Gasteiger partial charge >= 0.3 is 0 Å². The summed E-state index contributed by atoms with van der Waals surface area (Å²) in [7, 11) is 0. The van der Waals surface area contributed by atoms with Gasteiger partial charge in [-0.1, -0.05) is 208 Å². The maximum absolute atomic E-state index is 2.43. The molecule has 0 aromatic heterocycles. The summed E-state index contributed by atoms with van der Waals surface area (Å²) >= 11 is 0. The normalized spacial score (nSPS) is 13.1. The molecule has 59 heavy (non-hydrogen) atoms. The van der Waals surface area contributed by atoms with Crippen molar-refractivity contribution in [1.29, 1.82) is 0 Å². The zero-order valence-electron chi connectivity index (χ0n) is 33.1. The van der Waals surface area contributed by atoms with Crippen LogP contribution in [0.25, 0.3) is 110 Å². The number of rotatable bonds is 5. The van der Waals surface area contributed by atoms with Crippen LogP contribution in [0, 0.1) is 0 Å². The molecule has 0 heterocycles. The molecule has 0 saturated heterocycles. The molecule has 276 valence electrons. The Kier molecular flexibility index (Phi) is 7.38. The third-order valence-electron chi connectivity index (χ3n) is 13.3. The van der Waals surface area contributed by atoms with Gasteiger partial charge in [-0.15, -0.1) is 0 Å². The predicted octanol–water partition coefficient (Wildman–Crippen LogP) is 16.4. The summed E-state index contributed by atoms with van der Waals surface area (Å²) in [6.07, 6.45) is 0.